The maximum Gasteiger partial charge on any atom is 0.317 e. The van der Waals surface area contributed by atoms with E-state index in [9.17, 15) is 4.79 Å². The van der Waals surface area contributed by atoms with Crippen molar-refractivity contribution in [3.8, 4) is 5.88 Å². The van der Waals surface area contributed by atoms with Crippen LogP contribution in [-0.2, 0) is 0 Å². The normalized spacial score (nSPS) is 16.4. The van der Waals surface area contributed by atoms with Gasteiger partial charge in [0, 0.05) is 44.9 Å². The summed E-state index contributed by atoms with van der Waals surface area (Å²) < 4.78 is 5.71. The van der Waals surface area contributed by atoms with Gasteiger partial charge in [-0.25, -0.2) is 9.78 Å². The van der Waals surface area contributed by atoms with Crippen LogP contribution in [0.4, 0.5) is 4.79 Å². The van der Waals surface area contributed by atoms with E-state index in [2.05, 4.69) is 15.3 Å². The lowest BCUT2D eigenvalue weighted by molar-refractivity contribution is 0.107. The van der Waals surface area contributed by atoms with Gasteiger partial charge in [-0.2, -0.15) is 0 Å². The number of ether oxygens (including phenoxy) is 1. The van der Waals surface area contributed by atoms with Crippen molar-refractivity contribution in [2.24, 2.45) is 0 Å². The van der Waals surface area contributed by atoms with E-state index < -0.39 is 0 Å². The molecule has 1 aromatic rings. The molecule has 1 saturated heterocycles. The number of carbonyl (C=O) groups excluding carboxylic acids is 1. The van der Waals surface area contributed by atoms with Crippen molar-refractivity contribution in [1.29, 1.82) is 0 Å². The molecular weight excluding hydrogens is 232 g/mol. The Kier molecular flexibility index (Phi) is 4.33. The van der Waals surface area contributed by atoms with Crippen molar-refractivity contribution >= 4 is 6.03 Å². The molecule has 0 radical (unpaired) electrons. The zero-order valence-electron chi connectivity index (χ0n) is 10.5. The number of likely N-dealkylation sites (tertiary alicyclic amines) is 1. The lowest BCUT2D eigenvalue weighted by Gasteiger charge is -2.31. The molecule has 6 heteroatoms. The number of carbonyl (C=O) groups is 1. The summed E-state index contributed by atoms with van der Waals surface area (Å²) in [5, 5.41) is 2.80. The highest BCUT2D eigenvalue weighted by Gasteiger charge is 2.23. The fraction of sp³-hybridized carbons (Fsp3) is 0.583. The maximum absolute atomic E-state index is 11.6. The molecule has 0 atom stereocenters. The zero-order chi connectivity index (χ0) is 12.8. The molecule has 0 aromatic carbocycles. The lowest BCUT2D eigenvalue weighted by Crippen LogP contribution is -2.46. The van der Waals surface area contributed by atoms with E-state index in [4.69, 9.17) is 4.74 Å². The van der Waals surface area contributed by atoms with Crippen LogP contribution in [0.15, 0.2) is 18.6 Å². The molecule has 2 heterocycles. The molecule has 0 bridgehead atoms. The zero-order valence-corrected chi connectivity index (χ0v) is 10.5. The first kappa shape index (κ1) is 12.6. The number of hydrogen-bond donors (Lipinski definition) is 1. The Morgan fingerprint density at radius 1 is 1.50 bits per heavy atom. The number of piperidine rings is 1. The number of nitrogens with one attached hydrogen (secondary N) is 1. The van der Waals surface area contributed by atoms with Gasteiger partial charge in [0.05, 0.1) is 6.20 Å². The number of nitrogens with zero attached hydrogens (tertiary/aromatic N) is 3. The summed E-state index contributed by atoms with van der Waals surface area (Å²) in [6, 6.07) is 0.00968. The first-order valence-corrected chi connectivity index (χ1v) is 6.25. The highest BCUT2D eigenvalue weighted by molar-refractivity contribution is 5.74. The van der Waals surface area contributed by atoms with Crippen molar-refractivity contribution in [3.05, 3.63) is 18.6 Å². The van der Waals surface area contributed by atoms with Gasteiger partial charge in [0.25, 0.3) is 0 Å². The van der Waals surface area contributed by atoms with E-state index in [1.165, 1.54) is 0 Å². The highest BCUT2D eigenvalue weighted by atomic mass is 16.5. The summed E-state index contributed by atoms with van der Waals surface area (Å²) in [5.41, 5.74) is 0. The number of amides is 2. The largest absolute Gasteiger partial charge is 0.473 e. The first-order chi connectivity index (χ1) is 8.79. The Morgan fingerprint density at radius 3 is 2.89 bits per heavy atom. The van der Waals surface area contributed by atoms with Gasteiger partial charge in [-0.1, -0.05) is 0 Å². The SMILES string of the molecule is CCNC(=O)N1CCC(Oc2cnccn2)CC1. The van der Waals surface area contributed by atoms with Crippen LogP contribution in [0.1, 0.15) is 19.8 Å². The molecule has 0 aliphatic carbocycles. The van der Waals surface area contributed by atoms with Gasteiger partial charge in [0.15, 0.2) is 0 Å². The van der Waals surface area contributed by atoms with Crippen LogP contribution in [0.25, 0.3) is 0 Å². The fourth-order valence-electron chi connectivity index (χ4n) is 1.96. The smallest absolute Gasteiger partial charge is 0.317 e. The summed E-state index contributed by atoms with van der Waals surface area (Å²) in [6.07, 6.45) is 6.61. The molecule has 0 spiro atoms. The molecule has 1 aromatic heterocycles. The molecule has 1 aliphatic rings. The number of hydrogen-bond acceptors (Lipinski definition) is 4. The van der Waals surface area contributed by atoms with E-state index >= 15 is 0 Å². The summed E-state index contributed by atoms with van der Waals surface area (Å²) >= 11 is 0. The van der Waals surface area contributed by atoms with Crippen molar-refractivity contribution in [2.45, 2.75) is 25.9 Å². The third kappa shape index (κ3) is 3.32. The second-order valence-corrected chi connectivity index (χ2v) is 4.18. The molecule has 0 saturated carbocycles. The predicted octanol–water partition coefficient (Wildman–Crippen LogP) is 1.05. The fourth-order valence-corrected chi connectivity index (χ4v) is 1.96. The second kappa shape index (κ2) is 6.18. The molecular formula is C12H18N4O2. The quantitative estimate of drug-likeness (QED) is 0.870. The minimum atomic E-state index is 0.00968. The van der Waals surface area contributed by atoms with E-state index in [0.717, 1.165) is 25.9 Å². The Hall–Kier alpha value is -1.85. The summed E-state index contributed by atoms with van der Waals surface area (Å²) in [7, 11) is 0. The van der Waals surface area contributed by atoms with Crippen molar-refractivity contribution in [3.63, 3.8) is 0 Å². The molecule has 2 amide bonds. The van der Waals surface area contributed by atoms with Crippen molar-refractivity contribution < 1.29 is 9.53 Å². The second-order valence-electron chi connectivity index (χ2n) is 4.18. The van der Waals surface area contributed by atoms with E-state index in [1.54, 1.807) is 18.6 Å². The van der Waals surface area contributed by atoms with E-state index in [0.29, 0.717) is 12.4 Å². The summed E-state index contributed by atoms with van der Waals surface area (Å²) in [5.74, 6) is 0.550. The number of urea groups is 1. The highest BCUT2D eigenvalue weighted by Crippen LogP contribution is 2.16. The number of aromatic nitrogens is 2. The van der Waals surface area contributed by atoms with Crippen LogP contribution in [-0.4, -0.2) is 46.6 Å². The number of rotatable bonds is 3. The topological polar surface area (TPSA) is 67.4 Å². The van der Waals surface area contributed by atoms with Crippen molar-refractivity contribution in [1.82, 2.24) is 20.2 Å². The molecule has 98 valence electrons. The van der Waals surface area contributed by atoms with Crippen LogP contribution < -0.4 is 10.1 Å². The van der Waals surface area contributed by atoms with Gasteiger partial charge in [0.2, 0.25) is 5.88 Å². The molecule has 0 unspecified atom stereocenters. The minimum Gasteiger partial charge on any atom is -0.473 e. The minimum absolute atomic E-state index is 0.00968. The summed E-state index contributed by atoms with van der Waals surface area (Å²) in [6.45, 7) is 4.02. The third-order valence-corrected chi connectivity index (χ3v) is 2.88. The van der Waals surface area contributed by atoms with E-state index in [-0.39, 0.29) is 12.1 Å². The molecule has 2 rings (SSSR count). The van der Waals surface area contributed by atoms with Gasteiger partial charge >= 0.3 is 6.03 Å². The Balaban J connectivity index is 1.78. The lowest BCUT2D eigenvalue weighted by atomic mass is 10.1. The third-order valence-electron chi connectivity index (χ3n) is 2.88. The molecule has 1 aliphatic heterocycles. The molecule has 1 fully saturated rings. The van der Waals surface area contributed by atoms with Gasteiger partial charge < -0.3 is 15.0 Å². The predicted molar refractivity (Wildman–Crippen MR) is 66.3 cm³/mol. The van der Waals surface area contributed by atoms with Crippen LogP contribution >= 0.6 is 0 Å². The van der Waals surface area contributed by atoms with Gasteiger partial charge in [0.1, 0.15) is 6.10 Å². The Labute approximate surface area is 106 Å². The van der Waals surface area contributed by atoms with E-state index in [1.807, 2.05) is 11.8 Å². The molecule has 18 heavy (non-hydrogen) atoms. The summed E-state index contributed by atoms with van der Waals surface area (Å²) in [4.78, 5) is 21.5. The molecule has 6 nitrogen and oxygen atoms in total. The standard InChI is InChI=1S/C12H18N4O2/c1-2-14-12(17)16-7-3-10(4-8-16)18-11-9-13-5-6-15-11/h5-6,9-10H,2-4,7-8H2,1H3,(H,14,17). The van der Waals surface area contributed by atoms with Crippen molar-refractivity contribution in [2.75, 3.05) is 19.6 Å². The van der Waals surface area contributed by atoms with Gasteiger partial charge in [-0.05, 0) is 6.92 Å². The maximum atomic E-state index is 11.6. The van der Waals surface area contributed by atoms with Crippen LogP contribution in [0, 0.1) is 0 Å². The van der Waals surface area contributed by atoms with Crippen LogP contribution in [0.5, 0.6) is 5.88 Å². The first-order valence-electron chi connectivity index (χ1n) is 6.25. The van der Waals surface area contributed by atoms with Gasteiger partial charge in [-0.3, -0.25) is 4.98 Å². The van der Waals surface area contributed by atoms with Crippen LogP contribution in [0.3, 0.4) is 0 Å². The Morgan fingerprint density at radius 2 is 2.28 bits per heavy atom. The average molecular weight is 250 g/mol. The van der Waals surface area contributed by atoms with Gasteiger partial charge in [-0.15, -0.1) is 0 Å². The monoisotopic (exact) mass is 250 g/mol. The van der Waals surface area contributed by atoms with Crippen LogP contribution in [0.2, 0.25) is 0 Å². The molecule has 1 N–H and O–H groups in total. The average Bonchev–Trinajstić information content (AvgIpc) is 2.41. The Bertz CT molecular complexity index is 377.